The van der Waals surface area contributed by atoms with E-state index in [1.807, 2.05) is 18.9 Å². The minimum absolute atomic E-state index is 0.497. The predicted octanol–water partition coefficient (Wildman–Crippen LogP) is 1.65. The van der Waals surface area contributed by atoms with Gasteiger partial charge in [-0.05, 0) is 19.8 Å². The van der Waals surface area contributed by atoms with Crippen molar-refractivity contribution in [3.8, 4) is 0 Å². The van der Waals surface area contributed by atoms with Crippen LogP contribution in [0.4, 0.5) is 0 Å². The fourth-order valence-electron chi connectivity index (χ4n) is 1.31. The highest BCUT2D eigenvalue weighted by molar-refractivity contribution is 5.76. The van der Waals surface area contributed by atoms with Gasteiger partial charge in [0.25, 0.3) is 0 Å². The number of nitrogens with zero attached hydrogens (tertiary/aromatic N) is 1. The molecule has 0 saturated carbocycles. The summed E-state index contributed by atoms with van der Waals surface area (Å²) >= 11 is 0. The van der Waals surface area contributed by atoms with Crippen LogP contribution in [0.25, 0.3) is 0 Å². The molecule has 3 heteroatoms. The molecule has 0 saturated heterocycles. The Bertz CT molecular complexity index is 130. The van der Waals surface area contributed by atoms with E-state index in [0.717, 1.165) is 19.4 Å². The highest BCUT2D eigenvalue weighted by atomic mass is 15.3. The number of hydrogen-bond acceptors (Lipinski definition) is 1. The normalized spacial score (nSPS) is 10.1. The molecule has 0 aromatic carbocycles. The highest BCUT2D eigenvalue weighted by Crippen LogP contribution is 2.04. The lowest BCUT2D eigenvalue weighted by atomic mass is 10.1. The summed E-state index contributed by atoms with van der Waals surface area (Å²) in [5, 5.41) is 10.7. The second kappa shape index (κ2) is 5.86. The van der Waals surface area contributed by atoms with E-state index in [-0.39, 0.29) is 0 Å². The summed E-state index contributed by atoms with van der Waals surface area (Å²) in [7, 11) is 1.97. The zero-order chi connectivity index (χ0) is 9.56. The minimum Gasteiger partial charge on any atom is -0.357 e. The van der Waals surface area contributed by atoms with Crippen molar-refractivity contribution in [2.24, 2.45) is 0 Å². The summed E-state index contributed by atoms with van der Waals surface area (Å²) in [5.41, 5.74) is 0. The average molecular weight is 171 g/mol. The van der Waals surface area contributed by atoms with Gasteiger partial charge >= 0.3 is 0 Å². The van der Waals surface area contributed by atoms with E-state index < -0.39 is 0 Å². The minimum atomic E-state index is 0.497. The van der Waals surface area contributed by atoms with Gasteiger partial charge in [0.1, 0.15) is 0 Å². The van der Waals surface area contributed by atoms with E-state index in [1.54, 1.807) is 0 Å². The summed E-state index contributed by atoms with van der Waals surface area (Å²) in [6.07, 6.45) is 2.20. The maximum absolute atomic E-state index is 7.65. The highest BCUT2D eigenvalue weighted by Gasteiger charge is 2.12. The van der Waals surface area contributed by atoms with Crippen molar-refractivity contribution in [1.29, 1.82) is 5.41 Å². The van der Waals surface area contributed by atoms with E-state index in [1.165, 1.54) is 0 Å². The van der Waals surface area contributed by atoms with Crippen molar-refractivity contribution in [2.45, 2.75) is 39.7 Å². The maximum atomic E-state index is 7.65. The molecule has 0 spiro atoms. The first kappa shape index (κ1) is 11.3. The Kier molecular flexibility index (Phi) is 5.51. The predicted molar refractivity (Wildman–Crippen MR) is 53.5 cm³/mol. The molecule has 2 N–H and O–H groups in total. The van der Waals surface area contributed by atoms with E-state index >= 15 is 0 Å². The van der Waals surface area contributed by atoms with Crippen molar-refractivity contribution >= 4 is 5.96 Å². The van der Waals surface area contributed by atoms with Crippen LogP contribution in [0.2, 0.25) is 0 Å². The first-order valence-electron chi connectivity index (χ1n) is 4.72. The lowest BCUT2D eigenvalue weighted by Crippen LogP contribution is -2.43. The molecule has 0 unspecified atom stereocenters. The van der Waals surface area contributed by atoms with Crippen LogP contribution in [0.1, 0.15) is 33.6 Å². The maximum Gasteiger partial charge on any atom is 0.191 e. The SMILES string of the molecule is CCNC(=N)N(C)C(CC)CC. The second-order valence-corrected chi connectivity index (χ2v) is 2.96. The topological polar surface area (TPSA) is 39.1 Å². The van der Waals surface area contributed by atoms with E-state index in [9.17, 15) is 0 Å². The summed E-state index contributed by atoms with van der Waals surface area (Å²) in [6.45, 7) is 7.15. The quantitative estimate of drug-likeness (QED) is 0.498. The Morgan fingerprint density at radius 3 is 2.17 bits per heavy atom. The Balaban J connectivity index is 3.96. The monoisotopic (exact) mass is 171 g/mol. The molecule has 0 aliphatic carbocycles. The molecule has 0 aromatic heterocycles. The Hall–Kier alpha value is -0.730. The number of rotatable bonds is 4. The molecule has 0 aromatic rings. The lowest BCUT2D eigenvalue weighted by molar-refractivity contribution is 0.333. The molecular weight excluding hydrogens is 150 g/mol. The van der Waals surface area contributed by atoms with Crippen molar-refractivity contribution in [2.75, 3.05) is 13.6 Å². The lowest BCUT2D eigenvalue weighted by Gasteiger charge is -2.28. The summed E-state index contributed by atoms with van der Waals surface area (Å²) in [5.74, 6) is 0.534. The molecular formula is C9H21N3. The molecule has 0 bridgehead atoms. The average Bonchev–Trinajstić information content (AvgIpc) is 2.07. The first-order valence-corrected chi connectivity index (χ1v) is 4.72. The van der Waals surface area contributed by atoms with Crippen LogP contribution >= 0.6 is 0 Å². The van der Waals surface area contributed by atoms with E-state index in [0.29, 0.717) is 12.0 Å². The zero-order valence-corrected chi connectivity index (χ0v) is 8.65. The number of hydrogen-bond donors (Lipinski definition) is 2. The van der Waals surface area contributed by atoms with E-state index in [4.69, 9.17) is 5.41 Å². The molecule has 0 amide bonds. The zero-order valence-electron chi connectivity index (χ0n) is 8.65. The van der Waals surface area contributed by atoms with Crippen LogP contribution in [0.5, 0.6) is 0 Å². The van der Waals surface area contributed by atoms with Gasteiger partial charge in [0.2, 0.25) is 0 Å². The molecule has 0 fully saturated rings. The van der Waals surface area contributed by atoms with Gasteiger partial charge in [-0.3, -0.25) is 5.41 Å². The fourth-order valence-corrected chi connectivity index (χ4v) is 1.31. The Morgan fingerprint density at radius 1 is 1.33 bits per heavy atom. The van der Waals surface area contributed by atoms with Crippen LogP contribution in [0.3, 0.4) is 0 Å². The van der Waals surface area contributed by atoms with Gasteiger partial charge < -0.3 is 10.2 Å². The van der Waals surface area contributed by atoms with Gasteiger partial charge in [-0.1, -0.05) is 13.8 Å². The van der Waals surface area contributed by atoms with Crippen LogP contribution < -0.4 is 5.32 Å². The molecule has 0 aliphatic rings. The third-order valence-electron chi connectivity index (χ3n) is 2.19. The third-order valence-corrected chi connectivity index (χ3v) is 2.19. The molecule has 0 rings (SSSR count). The van der Waals surface area contributed by atoms with Crippen LogP contribution in [-0.4, -0.2) is 30.5 Å². The summed E-state index contributed by atoms with van der Waals surface area (Å²) in [6, 6.07) is 0.497. The smallest absolute Gasteiger partial charge is 0.191 e. The van der Waals surface area contributed by atoms with E-state index in [2.05, 4.69) is 19.2 Å². The molecule has 0 aliphatic heterocycles. The van der Waals surface area contributed by atoms with Gasteiger partial charge in [0.15, 0.2) is 5.96 Å². The van der Waals surface area contributed by atoms with Crippen LogP contribution in [-0.2, 0) is 0 Å². The molecule has 72 valence electrons. The van der Waals surface area contributed by atoms with Gasteiger partial charge in [-0.25, -0.2) is 0 Å². The fraction of sp³-hybridized carbons (Fsp3) is 0.889. The molecule has 0 radical (unpaired) electrons. The van der Waals surface area contributed by atoms with Crippen LogP contribution in [0.15, 0.2) is 0 Å². The van der Waals surface area contributed by atoms with Gasteiger partial charge in [-0.2, -0.15) is 0 Å². The van der Waals surface area contributed by atoms with Crippen LogP contribution in [0, 0.1) is 5.41 Å². The Labute approximate surface area is 75.7 Å². The summed E-state index contributed by atoms with van der Waals surface area (Å²) in [4.78, 5) is 2.00. The van der Waals surface area contributed by atoms with Gasteiger partial charge in [-0.15, -0.1) is 0 Å². The van der Waals surface area contributed by atoms with Gasteiger partial charge in [0, 0.05) is 19.6 Å². The standard InChI is InChI=1S/C9H21N3/c1-5-8(6-2)12(4)9(10)11-7-3/h8H,5-7H2,1-4H3,(H2,10,11). The van der Waals surface area contributed by atoms with Crippen molar-refractivity contribution < 1.29 is 0 Å². The number of nitrogens with one attached hydrogen (secondary N) is 2. The summed E-state index contributed by atoms with van der Waals surface area (Å²) < 4.78 is 0. The molecule has 0 atom stereocenters. The molecule has 0 heterocycles. The van der Waals surface area contributed by atoms with Crippen molar-refractivity contribution in [3.05, 3.63) is 0 Å². The third kappa shape index (κ3) is 3.11. The van der Waals surface area contributed by atoms with Gasteiger partial charge in [0.05, 0.1) is 0 Å². The second-order valence-electron chi connectivity index (χ2n) is 2.96. The first-order chi connectivity index (χ1) is 5.67. The molecule has 12 heavy (non-hydrogen) atoms. The van der Waals surface area contributed by atoms with Crippen molar-refractivity contribution in [1.82, 2.24) is 10.2 Å². The van der Waals surface area contributed by atoms with Crippen molar-refractivity contribution in [3.63, 3.8) is 0 Å². The number of guanidine groups is 1. The Morgan fingerprint density at radius 2 is 1.83 bits per heavy atom. The molecule has 3 nitrogen and oxygen atoms in total. The largest absolute Gasteiger partial charge is 0.357 e.